The zero-order chi connectivity index (χ0) is 14.5. The maximum atomic E-state index is 11.7. The Bertz CT molecular complexity index is 586. The van der Waals surface area contributed by atoms with Gasteiger partial charge in [-0.2, -0.15) is 0 Å². The van der Waals surface area contributed by atoms with Crippen molar-refractivity contribution >= 4 is 5.97 Å². The summed E-state index contributed by atoms with van der Waals surface area (Å²) >= 11 is 0. The molecule has 0 bridgehead atoms. The second-order valence-electron chi connectivity index (χ2n) is 5.29. The quantitative estimate of drug-likeness (QED) is 0.766. The molecular formula is C18H18O3. The average Bonchev–Trinajstić information content (AvgIpc) is 2.46. The maximum Gasteiger partial charge on any atom is 0.309 e. The molecule has 1 fully saturated rings. The van der Waals surface area contributed by atoms with Crippen molar-refractivity contribution in [3.63, 3.8) is 0 Å². The molecule has 2 aromatic rings. The summed E-state index contributed by atoms with van der Waals surface area (Å²) in [7, 11) is 0. The molecule has 2 aromatic carbocycles. The van der Waals surface area contributed by atoms with E-state index in [1.165, 1.54) is 0 Å². The number of hydrogen-bond donors (Lipinski definition) is 0. The number of ether oxygens (including phenoxy) is 2. The van der Waals surface area contributed by atoms with Crippen molar-refractivity contribution in [2.45, 2.75) is 25.9 Å². The fourth-order valence-electron chi connectivity index (χ4n) is 2.19. The highest BCUT2D eigenvalue weighted by atomic mass is 16.5. The molecule has 108 valence electrons. The van der Waals surface area contributed by atoms with Gasteiger partial charge in [-0.05, 0) is 42.7 Å². The summed E-state index contributed by atoms with van der Waals surface area (Å²) in [4.78, 5) is 11.7. The lowest BCUT2D eigenvalue weighted by atomic mass is 9.86. The van der Waals surface area contributed by atoms with Crippen LogP contribution in [-0.4, -0.2) is 5.97 Å². The summed E-state index contributed by atoms with van der Waals surface area (Å²) in [5.41, 5.74) is 0.975. The molecule has 0 amide bonds. The van der Waals surface area contributed by atoms with Crippen LogP contribution in [0.2, 0.25) is 0 Å². The van der Waals surface area contributed by atoms with E-state index in [9.17, 15) is 4.79 Å². The van der Waals surface area contributed by atoms with Crippen LogP contribution < -0.4 is 4.74 Å². The minimum atomic E-state index is -0.0640. The number of para-hydroxylation sites is 1. The Morgan fingerprint density at radius 3 is 2.24 bits per heavy atom. The molecule has 0 saturated heterocycles. The zero-order valence-corrected chi connectivity index (χ0v) is 11.8. The Kier molecular flexibility index (Phi) is 4.20. The van der Waals surface area contributed by atoms with Gasteiger partial charge < -0.3 is 9.47 Å². The van der Waals surface area contributed by atoms with Gasteiger partial charge in [0.1, 0.15) is 18.1 Å². The van der Waals surface area contributed by atoms with Crippen molar-refractivity contribution < 1.29 is 14.3 Å². The highest BCUT2D eigenvalue weighted by molar-refractivity contribution is 5.73. The van der Waals surface area contributed by atoms with Crippen LogP contribution in [0.15, 0.2) is 54.6 Å². The van der Waals surface area contributed by atoms with Crippen molar-refractivity contribution in [2.24, 2.45) is 5.92 Å². The first-order valence-electron chi connectivity index (χ1n) is 7.30. The van der Waals surface area contributed by atoms with Gasteiger partial charge in [-0.15, -0.1) is 0 Å². The Morgan fingerprint density at radius 1 is 0.952 bits per heavy atom. The van der Waals surface area contributed by atoms with Crippen molar-refractivity contribution in [2.75, 3.05) is 0 Å². The minimum absolute atomic E-state index is 0.0640. The molecule has 0 heterocycles. The molecule has 0 unspecified atom stereocenters. The summed E-state index contributed by atoms with van der Waals surface area (Å²) in [5.74, 6) is 1.65. The van der Waals surface area contributed by atoms with Gasteiger partial charge in [-0.3, -0.25) is 4.79 Å². The lowest BCUT2D eigenvalue weighted by molar-refractivity contribution is -0.152. The first kappa shape index (κ1) is 13.7. The lowest BCUT2D eigenvalue weighted by Crippen LogP contribution is -2.23. The highest BCUT2D eigenvalue weighted by Gasteiger charge is 2.26. The Morgan fingerprint density at radius 2 is 1.62 bits per heavy atom. The summed E-state index contributed by atoms with van der Waals surface area (Å²) in [6.07, 6.45) is 3.09. The molecule has 3 rings (SSSR count). The Labute approximate surface area is 124 Å². The fourth-order valence-corrected chi connectivity index (χ4v) is 2.19. The van der Waals surface area contributed by atoms with Crippen LogP contribution >= 0.6 is 0 Å². The number of benzene rings is 2. The lowest BCUT2D eigenvalue weighted by Gasteiger charge is -2.23. The van der Waals surface area contributed by atoms with Gasteiger partial charge in [-0.1, -0.05) is 36.8 Å². The second-order valence-corrected chi connectivity index (χ2v) is 5.29. The van der Waals surface area contributed by atoms with Crippen LogP contribution in [-0.2, 0) is 16.1 Å². The molecule has 3 heteroatoms. The van der Waals surface area contributed by atoms with Crippen molar-refractivity contribution in [1.82, 2.24) is 0 Å². The standard InChI is InChI=1S/C18H18O3/c19-18(15-5-4-6-15)20-13-14-9-11-17(12-10-14)21-16-7-2-1-3-8-16/h1-3,7-12,15H,4-6,13H2. The second kappa shape index (κ2) is 6.44. The van der Waals surface area contributed by atoms with Crippen LogP contribution in [0.1, 0.15) is 24.8 Å². The molecule has 0 spiro atoms. The Balaban J connectivity index is 1.53. The SMILES string of the molecule is O=C(OCc1ccc(Oc2ccccc2)cc1)C1CCC1. The van der Waals surface area contributed by atoms with Crippen LogP contribution in [0.3, 0.4) is 0 Å². The zero-order valence-electron chi connectivity index (χ0n) is 11.8. The van der Waals surface area contributed by atoms with Crippen molar-refractivity contribution in [1.29, 1.82) is 0 Å². The van der Waals surface area contributed by atoms with E-state index in [0.717, 1.165) is 36.3 Å². The van der Waals surface area contributed by atoms with E-state index in [2.05, 4.69) is 0 Å². The molecule has 1 aliphatic carbocycles. The normalized spacial score (nSPS) is 14.3. The molecule has 21 heavy (non-hydrogen) atoms. The van der Waals surface area contributed by atoms with E-state index < -0.39 is 0 Å². The third-order valence-corrected chi connectivity index (χ3v) is 3.72. The molecule has 1 aliphatic rings. The number of esters is 1. The fraction of sp³-hybridized carbons (Fsp3) is 0.278. The highest BCUT2D eigenvalue weighted by Crippen LogP contribution is 2.28. The van der Waals surface area contributed by atoms with E-state index in [1.807, 2.05) is 54.6 Å². The van der Waals surface area contributed by atoms with Crippen LogP contribution in [0.5, 0.6) is 11.5 Å². The van der Waals surface area contributed by atoms with E-state index in [0.29, 0.717) is 6.61 Å². The van der Waals surface area contributed by atoms with E-state index >= 15 is 0 Å². The van der Waals surface area contributed by atoms with Gasteiger partial charge in [-0.25, -0.2) is 0 Å². The van der Waals surface area contributed by atoms with Gasteiger partial charge in [0.15, 0.2) is 0 Å². The molecular weight excluding hydrogens is 264 g/mol. The van der Waals surface area contributed by atoms with Gasteiger partial charge in [0, 0.05) is 0 Å². The third kappa shape index (κ3) is 3.63. The summed E-state index contributed by atoms with van der Waals surface area (Å²) in [5, 5.41) is 0. The van der Waals surface area contributed by atoms with Gasteiger partial charge in [0.05, 0.1) is 5.92 Å². The molecule has 0 atom stereocenters. The molecule has 0 aliphatic heterocycles. The predicted octanol–water partition coefficient (Wildman–Crippen LogP) is 4.32. The number of hydrogen-bond acceptors (Lipinski definition) is 3. The average molecular weight is 282 g/mol. The first-order chi connectivity index (χ1) is 10.3. The van der Waals surface area contributed by atoms with Gasteiger partial charge >= 0.3 is 5.97 Å². The summed E-state index contributed by atoms with van der Waals surface area (Å²) in [6, 6.07) is 17.3. The molecule has 0 aromatic heterocycles. The molecule has 0 radical (unpaired) electrons. The third-order valence-electron chi connectivity index (χ3n) is 3.72. The molecule has 0 N–H and O–H groups in total. The van der Waals surface area contributed by atoms with Gasteiger partial charge in [0.2, 0.25) is 0 Å². The summed E-state index contributed by atoms with van der Waals surface area (Å²) in [6.45, 7) is 0.334. The number of carbonyl (C=O) groups excluding carboxylic acids is 1. The van der Waals surface area contributed by atoms with Crippen LogP contribution in [0.4, 0.5) is 0 Å². The predicted molar refractivity (Wildman–Crippen MR) is 80.1 cm³/mol. The largest absolute Gasteiger partial charge is 0.461 e. The monoisotopic (exact) mass is 282 g/mol. The van der Waals surface area contributed by atoms with Crippen LogP contribution in [0, 0.1) is 5.92 Å². The number of carbonyl (C=O) groups is 1. The number of rotatable bonds is 5. The van der Waals surface area contributed by atoms with E-state index in [1.54, 1.807) is 0 Å². The van der Waals surface area contributed by atoms with Crippen molar-refractivity contribution in [3.8, 4) is 11.5 Å². The van der Waals surface area contributed by atoms with Crippen molar-refractivity contribution in [3.05, 3.63) is 60.2 Å². The van der Waals surface area contributed by atoms with Gasteiger partial charge in [0.25, 0.3) is 0 Å². The van der Waals surface area contributed by atoms with E-state index in [-0.39, 0.29) is 11.9 Å². The molecule has 3 nitrogen and oxygen atoms in total. The minimum Gasteiger partial charge on any atom is -0.461 e. The summed E-state index contributed by atoms with van der Waals surface area (Å²) < 4.78 is 11.0. The smallest absolute Gasteiger partial charge is 0.309 e. The Hall–Kier alpha value is -2.29. The topological polar surface area (TPSA) is 35.5 Å². The first-order valence-corrected chi connectivity index (χ1v) is 7.30. The molecule has 1 saturated carbocycles. The van der Waals surface area contributed by atoms with E-state index in [4.69, 9.17) is 9.47 Å². The maximum absolute atomic E-state index is 11.7. The van der Waals surface area contributed by atoms with Crippen LogP contribution in [0.25, 0.3) is 0 Å².